The van der Waals surface area contributed by atoms with Gasteiger partial charge in [-0.3, -0.25) is 0 Å². The van der Waals surface area contributed by atoms with Gasteiger partial charge in [0.15, 0.2) is 0 Å². The Bertz CT molecular complexity index is 249. The third-order valence-corrected chi connectivity index (χ3v) is 2.17. The van der Waals surface area contributed by atoms with Crippen LogP contribution in [-0.2, 0) is 17.1 Å². The summed E-state index contributed by atoms with van der Waals surface area (Å²) in [7, 11) is 0. The molecule has 0 aliphatic heterocycles. The molecule has 2 heteroatoms. The van der Waals surface area contributed by atoms with Crippen LogP contribution < -0.4 is 0 Å². The van der Waals surface area contributed by atoms with Crippen LogP contribution in [0.25, 0.3) is 0 Å². The topological polar surface area (TPSA) is 0 Å². The molecule has 2 rings (SSSR count). The number of halogens is 1. The minimum atomic E-state index is 0. The fraction of sp³-hybridized carbons (Fsp3) is 0.0909. The Morgan fingerprint density at radius 3 is 1.69 bits per heavy atom. The molecule has 2 aromatic carbocycles. The van der Waals surface area contributed by atoms with E-state index in [0.717, 1.165) is 0 Å². The molecule has 0 bridgehead atoms. The first-order valence-electron chi connectivity index (χ1n) is 3.84. The Hall–Kier alpha value is -0.0505. The van der Waals surface area contributed by atoms with Gasteiger partial charge in [0.2, 0.25) is 0 Å². The molecule has 0 fully saturated rings. The summed E-state index contributed by atoms with van der Waals surface area (Å²) < 4.78 is 1.31. The smallest absolute Gasteiger partial charge is 0 e. The van der Waals surface area contributed by atoms with Gasteiger partial charge in [0, 0.05) is 17.1 Å². The molecule has 0 heterocycles. The third kappa shape index (κ3) is 6.08. The molecule has 0 N–H and O–H groups in total. The van der Waals surface area contributed by atoms with E-state index in [1.54, 1.807) is 0 Å². The summed E-state index contributed by atoms with van der Waals surface area (Å²) in [6, 6.07) is 16.4. The molecular weight excluding hydrogens is 315 g/mol. The van der Waals surface area contributed by atoms with Gasteiger partial charge in [-0.05, 0) is 0 Å². The van der Waals surface area contributed by atoms with E-state index in [0.29, 0.717) is 0 Å². The minimum Gasteiger partial charge on any atom is -0.747 e. The van der Waals surface area contributed by atoms with Gasteiger partial charge in [-0.25, -0.2) is 12.1 Å². The average molecular weight is 326 g/mol. The SMILES string of the molecule is C[c-]1cccc1.I[c-]1[cH-][cH-][cH-][cH-]1.[Fe]. The summed E-state index contributed by atoms with van der Waals surface area (Å²) in [4.78, 5) is 0. The van der Waals surface area contributed by atoms with Crippen molar-refractivity contribution in [2.24, 2.45) is 0 Å². The van der Waals surface area contributed by atoms with E-state index in [4.69, 9.17) is 0 Å². The van der Waals surface area contributed by atoms with Crippen molar-refractivity contribution < 1.29 is 17.1 Å². The van der Waals surface area contributed by atoms with Gasteiger partial charge in [0.05, 0.1) is 0 Å². The van der Waals surface area contributed by atoms with Crippen LogP contribution >= 0.6 is 22.6 Å². The van der Waals surface area contributed by atoms with Crippen molar-refractivity contribution in [2.75, 3.05) is 0 Å². The normalized spacial score (nSPS) is 8.15. The van der Waals surface area contributed by atoms with E-state index < -0.39 is 0 Å². The number of hydrogen-bond donors (Lipinski definition) is 0. The Morgan fingerprint density at radius 1 is 1.08 bits per heavy atom. The summed E-state index contributed by atoms with van der Waals surface area (Å²) in [5, 5.41) is 0. The second-order valence-corrected chi connectivity index (χ2v) is 3.81. The molecule has 0 nitrogen and oxygen atoms in total. The second-order valence-electron chi connectivity index (χ2n) is 2.57. The van der Waals surface area contributed by atoms with Crippen molar-refractivity contribution in [1.29, 1.82) is 0 Å². The number of hydrogen-bond acceptors (Lipinski definition) is 0. The van der Waals surface area contributed by atoms with Crippen LogP contribution in [0.2, 0.25) is 0 Å². The molecule has 0 unspecified atom stereocenters. The zero-order chi connectivity index (χ0) is 8.81. The molecule has 0 aliphatic rings. The summed E-state index contributed by atoms with van der Waals surface area (Å²) in [5.74, 6) is 0. The zero-order valence-corrected chi connectivity index (χ0v) is 10.6. The molecule has 0 aromatic heterocycles. The van der Waals surface area contributed by atoms with Crippen LogP contribution in [0.15, 0.2) is 48.5 Å². The van der Waals surface area contributed by atoms with Crippen LogP contribution in [0.4, 0.5) is 0 Å². The van der Waals surface area contributed by atoms with Crippen molar-refractivity contribution in [1.82, 2.24) is 0 Å². The molecule has 0 spiro atoms. The molecule has 0 saturated heterocycles. The molecule has 13 heavy (non-hydrogen) atoms. The van der Waals surface area contributed by atoms with Crippen LogP contribution in [-0.4, -0.2) is 0 Å². The maximum atomic E-state index is 2.28. The summed E-state index contributed by atoms with van der Waals surface area (Å²) in [6.07, 6.45) is 0. The predicted molar refractivity (Wildman–Crippen MR) is 61.5 cm³/mol. The monoisotopic (exact) mass is 326 g/mol. The standard InChI is InChI=1S/C6H7.C5H4I.Fe/c1-6-4-2-3-5-6;6-5-3-1-2-4-5;/h2-5H,1H3;1-4H;/q-1;-5;. The van der Waals surface area contributed by atoms with Crippen LogP contribution in [0.5, 0.6) is 0 Å². The second kappa shape index (κ2) is 7.36. The van der Waals surface area contributed by atoms with E-state index in [-0.39, 0.29) is 17.1 Å². The maximum Gasteiger partial charge on any atom is 0 e. The van der Waals surface area contributed by atoms with Gasteiger partial charge in [-0.15, -0.1) is 0 Å². The summed E-state index contributed by atoms with van der Waals surface area (Å²) in [5.41, 5.74) is 1.34. The van der Waals surface area contributed by atoms with Crippen molar-refractivity contribution in [2.45, 2.75) is 6.92 Å². The van der Waals surface area contributed by atoms with E-state index >= 15 is 0 Å². The molecule has 0 aliphatic carbocycles. The largest absolute Gasteiger partial charge is 0.747 e. The van der Waals surface area contributed by atoms with Gasteiger partial charge < -0.3 is 50.4 Å². The predicted octanol–water partition coefficient (Wildman–Crippen LogP) is 3.72. The minimum absolute atomic E-state index is 0. The van der Waals surface area contributed by atoms with Crippen molar-refractivity contribution in [3.05, 3.63) is 57.7 Å². The average Bonchev–Trinajstić information content (AvgIpc) is 2.63. The molecular formula is C11H11FeI-6. The van der Waals surface area contributed by atoms with Gasteiger partial charge in [0.1, 0.15) is 0 Å². The van der Waals surface area contributed by atoms with Crippen molar-refractivity contribution in [3.8, 4) is 0 Å². The molecule has 0 atom stereocenters. The van der Waals surface area contributed by atoms with Crippen molar-refractivity contribution >= 4 is 22.6 Å². The van der Waals surface area contributed by atoms with Crippen LogP contribution in [0.3, 0.4) is 0 Å². The first kappa shape index (κ1) is 12.9. The molecule has 0 saturated carbocycles. The Labute approximate surface area is 104 Å². The van der Waals surface area contributed by atoms with Gasteiger partial charge in [-0.1, -0.05) is 6.92 Å². The number of rotatable bonds is 0. The third-order valence-electron chi connectivity index (χ3n) is 1.45. The van der Waals surface area contributed by atoms with E-state index in [2.05, 4.69) is 53.8 Å². The van der Waals surface area contributed by atoms with Gasteiger partial charge >= 0.3 is 0 Å². The molecule has 76 valence electrons. The van der Waals surface area contributed by atoms with Gasteiger partial charge in [0.25, 0.3) is 0 Å². The summed E-state index contributed by atoms with van der Waals surface area (Å²) >= 11 is 2.28. The van der Waals surface area contributed by atoms with Crippen molar-refractivity contribution in [3.63, 3.8) is 0 Å². The number of aryl methyl sites for hydroxylation is 1. The fourth-order valence-corrected chi connectivity index (χ4v) is 1.24. The van der Waals surface area contributed by atoms with Crippen LogP contribution in [0.1, 0.15) is 5.56 Å². The Kier molecular flexibility index (Phi) is 7.33. The molecule has 2 aromatic rings. The molecule has 0 radical (unpaired) electrons. The van der Waals surface area contributed by atoms with E-state index in [1.165, 1.54) is 9.13 Å². The quantitative estimate of drug-likeness (QED) is 0.393. The van der Waals surface area contributed by atoms with Gasteiger partial charge in [-0.2, -0.15) is 17.7 Å². The Morgan fingerprint density at radius 2 is 1.54 bits per heavy atom. The first-order chi connectivity index (χ1) is 5.79. The first-order valence-corrected chi connectivity index (χ1v) is 4.92. The molecule has 0 amide bonds. The Balaban J connectivity index is 0.000000206. The van der Waals surface area contributed by atoms with E-state index in [9.17, 15) is 0 Å². The fourth-order valence-electron chi connectivity index (χ4n) is 0.821. The van der Waals surface area contributed by atoms with E-state index in [1.807, 2.05) is 24.3 Å². The maximum absolute atomic E-state index is 2.28. The zero-order valence-electron chi connectivity index (χ0n) is 7.35. The summed E-state index contributed by atoms with van der Waals surface area (Å²) in [6.45, 7) is 2.08. The van der Waals surface area contributed by atoms with Crippen LogP contribution in [0, 0.1) is 10.5 Å².